The highest BCUT2D eigenvalue weighted by atomic mass is 15.2. The van der Waals surface area contributed by atoms with Crippen molar-refractivity contribution >= 4 is 0 Å². The maximum Gasteiger partial charge on any atom is 0.0300 e. The summed E-state index contributed by atoms with van der Waals surface area (Å²) in [7, 11) is 6.49. The van der Waals surface area contributed by atoms with Gasteiger partial charge in [-0.25, -0.2) is 0 Å². The van der Waals surface area contributed by atoms with Crippen molar-refractivity contribution in [2.45, 2.75) is 57.9 Å². The second-order valence-corrected chi connectivity index (χ2v) is 6.09. The van der Waals surface area contributed by atoms with Gasteiger partial charge in [0, 0.05) is 12.1 Å². The Bertz CT molecular complexity index is 194. The highest BCUT2D eigenvalue weighted by Crippen LogP contribution is 2.20. The average molecular weight is 257 g/mol. The lowest BCUT2D eigenvalue weighted by atomic mass is 9.92. The fraction of sp³-hybridized carbons (Fsp3) is 1.00. The third-order valence-electron chi connectivity index (χ3n) is 4.03. The molecule has 0 aromatic heterocycles. The van der Waals surface area contributed by atoms with E-state index < -0.39 is 0 Å². The molecule has 1 unspecified atom stereocenters. The van der Waals surface area contributed by atoms with Crippen molar-refractivity contribution in [3.8, 4) is 0 Å². The van der Waals surface area contributed by atoms with Crippen LogP contribution in [0.15, 0.2) is 0 Å². The van der Waals surface area contributed by atoms with Gasteiger partial charge in [-0.05, 0) is 54.0 Å². The van der Waals surface area contributed by atoms with Gasteiger partial charge < -0.3 is 10.6 Å². The molecule has 1 atom stereocenters. The minimum absolute atomic E-state index is 0.181. The second-order valence-electron chi connectivity index (χ2n) is 6.09. The Morgan fingerprint density at radius 1 is 0.944 bits per heavy atom. The maximum absolute atomic E-state index is 6.00. The van der Waals surface area contributed by atoms with E-state index >= 15 is 0 Å². The molecule has 0 rings (SSSR count). The van der Waals surface area contributed by atoms with Crippen LogP contribution in [0.5, 0.6) is 0 Å². The van der Waals surface area contributed by atoms with Crippen LogP contribution in [0.25, 0.3) is 0 Å². The summed E-state index contributed by atoms with van der Waals surface area (Å²) in [6, 6.07) is 0. The van der Waals surface area contributed by atoms with Gasteiger partial charge in [-0.2, -0.15) is 0 Å². The number of unbranched alkanes of at least 4 members (excludes halogenated alkanes) is 3. The van der Waals surface area contributed by atoms with Gasteiger partial charge in [0.15, 0.2) is 0 Å². The molecule has 0 aromatic rings. The molecule has 0 bridgehead atoms. The van der Waals surface area contributed by atoms with Crippen LogP contribution in [0.3, 0.4) is 0 Å². The monoisotopic (exact) mass is 257 g/mol. The zero-order chi connectivity index (χ0) is 14.0. The van der Waals surface area contributed by atoms with E-state index in [1.165, 1.54) is 38.5 Å². The second kappa shape index (κ2) is 9.76. The molecule has 0 saturated heterocycles. The predicted molar refractivity (Wildman–Crippen MR) is 82.0 cm³/mol. The minimum atomic E-state index is 0.181. The van der Waals surface area contributed by atoms with Gasteiger partial charge >= 0.3 is 0 Å². The minimum Gasteiger partial charge on any atom is -0.329 e. The molecule has 2 N–H and O–H groups in total. The van der Waals surface area contributed by atoms with Crippen molar-refractivity contribution in [1.29, 1.82) is 0 Å². The molecule has 0 aliphatic heterocycles. The Hall–Kier alpha value is -0.120. The lowest BCUT2D eigenvalue weighted by molar-refractivity contribution is 0.125. The van der Waals surface area contributed by atoms with Gasteiger partial charge in [-0.3, -0.25) is 4.90 Å². The predicted octanol–water partition coefficient (Wildman–Crippen LogP) is 2.56. The Morgan fingerprint density at radius 3 is 2.11 bits per heavy atom. The molecule has 0 aromatic carbocycles. The molecule has 0 aliphatic rings. The number of nitrogens with zero attached hydrogens (tertiary/aromatic N) is 2. The first-order valence-electron chi connectivity index (χ1n) is 7.52. The zero-order valence-corrected chi connectivity index (χ0v) is 13.3. The van der Waals surface area contributed by atoms with E-state index in [2.05, 4.69) is 44.8 Å². The summed E-state index contributed by atoms with van der Waals surface area (Å²) in [5.74, 6) is 0. The van der Waals surface area contributed by atoms with Crippen LogP contribution in [-0.4, -0.2) is 56.1 Å². The van der Waals surface area contributed by atoms with E-state index in [9.17, 15) is 0 Å². The van der Waals surface area contributed by atoms with Crippen molar-refractivity contribution in [3.05, 3.63) is 0 Å². The summed E-state index contributed by atoms with van der Waals surface area (Å²) in [6.45, 7) is 7.63. The van der Waals surface area contributed by atoms with Gasteiger partial charge in [-0.1, -0.05) is 32.6 Å². The van der Waals surface area contributed by atoms with Gasteiger partial charge in [-0.15, -0.1) is 0 Å². The van der Waals surface area contributed by atoms with Crippen LogP contribution in [-0.2, 0) is 0 Å². The van der Waals surface area contributed by atoms with Crippen LogP contribution in [0.1, 0.15) is 52.4 Å². The number of hydrogen-bond acceptors (Lipinski definition) is 3. The van der Waals surface area contributed by atoms with Gasteiger partial charge in [0.1, 0.15) is 0 Å². The molecular weight excluding hydrogens is 222 g/mol. The Morgan fingerprint density at radius 2 is 1.61 bits per heavy atom. The molecule has 0 amide bonds. The summed E-state index contributed by atoms with van der Waals surface area (Å²) in [5, 5.41) is 0. The molecule has 0 fully saturated rings. The zero-order valence-electron chi connectivity index (χ0n) is 13.3. The van der Waals surface area contributed by atoms with Crippen molar-refractivity contribution in [2.75, 3.05) is 40.8 Å². The Labute approximate surface area is 115 Å². The van der Waals surface area contributed by atoms with E-state index in [0.29, 0.717) is 0 Å². The van der Waals surface area contributed by atoms with Gasteiger partial charge in [0.2, 0.25) is 0 Å². The van der Waals surface area contributed by atoms with Crippen LogP contribution in [0.4, 0.5) is 0 Å². The molecule has 0 aliphatic carbocycles. The molecule has 3 nitrogen and oxygen atoms in total. The van der Waals surface area contributed by atoms with Crippen LogP contribution >= 0.6 is 0 Å². The maximum atomic E-state index is 6.00. The Kier molecular flexibility index (Phi) is 9.70. The number of likely N-dealkylation sites (N-methyl/N-ethyl adjacent to an activating group) is 1. The van der Waals surface area contributed by atoms with E-state index in [1.54, 1.807) is 0 Å². The molecule has 3 heteroatoms. The van der Waals surface area contributed by atoms with E-state index in [1.807, 2.05) is 0 Å². The van der Waals surface area contributed by atoms with E-state index in [0.717, 1.165) is 19.6 Å². The number of hydrogen-bond donors (Lipinski definition) is 1. The van der Waals surface area contributed by atoms with Crippen molar-refractivity contribution < 1.29 is 0 Å². The summed E-state index contributed by atoms with van der Waals surface area (Å²) in [5.41, 5.74) is 6.18. The third-order valence-corrected chi connectivity index (χ3v) is 4.03. The Balaban J connectivity index is 4.00. The first-order valence-corrected chi connectivity index (χ1v) is 7.52. The van der Waals surface area contributed by atoms with Crippen LogP contribution in [0, 0.1) is 0 Å². The van der Waals surface area contributed by atoms with Gasteiger partial charge in [0.25, 0.3) is 0 Å². The third kappa shape index (κ3) is 7.34. The largest absolute Gasteiger partial charge is 0.329 e. The lowest BCUT2D eigenvalue weighted by Crippen LogP contribution is -2.50. The first-order chi connectivity index (χ1) is 8.46. The van der Waals surface area contributed by atoms with Crippen molar-refractivity contribution in [1.82, 2.24) is 9.80 Å². The summed E-state index contributed by atoms with van der Waals surface area (Å²) < 4.78 is 0. The molecule has 18 heavy (non-hydrogen) atoms. The number of rotatable bonds is 11. The van der Waals surface area contributed by atoms with Crippen molar-refractivity contribution in [2.24, 2.45) is 5.73 Å². The fourth-order valence-corrected chi connectivity index (χ4v) is 2.28. The molecular formula is C15H35N3. The summed E-state index contributed by atoms with van der Waals surface area (Å²) in [4.78, 5) is 4.71. The topological polar surface area (TPSA) is 32.5 Å². The standard InChI is InChI=1S/C15H35N3/c1-6-7-8-9-11-15(2,14-16)18(5)13-10-12-17(3)4/h6-14,16H2,1-5H3. The average Bonchev–Trinajstić information content (AvgIpc) is 2.33. The smallest absolute Gasteiger partial charge is 0.0300 e. The fourth-order valence-electron chi connectivity index (χ4n) is 2.28. The lowest BCUT2D eigenvalue weighted by Gasteiger charge is -2.38. The summed E-state index contributed by atoms with van der Waals surface area (Å²) in [6.07, 6.45) is 7.75. The molecule has 110 valence electrons. The highest BCUT2D eigenvalue weighted by Gasteiger charge is 2.26. The molecule has 0 spiro atoms. The quantitative estimate of drug-likeness (QED) is 0.577. The van der Waals surface area contributed by atoms with Crippen molar-refractivity contribution in [3.63, 3.8) is 0 Å². The summed E-state index contributed by atoms with van der Waals surface area (Å²) >= 11 is 0. The SMILES string of the molecule is CCCCCCC(C)(CN)N(C)CCCN(C)C. The first kappa shape index (κ1) is 17.9. The molecule has 0 radical (unpaired) electrons. The molecule has 0 heterocycles. The molecule has 0 saturated carbocycles. The normalized spacial score (nSPS) is 15.3. The van der Waals surface area contributed by atoms with Crippen LogP contribution < -0.4 is 5.73 Å². The number of nitrogens with two attached hydrogens (primary N) is 1. The van der Waals surface area contributed by atoms with Crippen LogP contribution in [0.2, 0.25) is 0 Å². The van der Waals surface area contributed by atoms with E-state index in [4.69, 9.17) is 5.73 Å². The van der Waals surface area contributed by atoms with E-state index in [-0.39, 0.29) is 5.54 Å². The van der Waals surface area contributed by atoms with Gasteiger partial charge in [0.05, 0.1) is 0 Å². The highest BCUT2D eigenvalue weighted by molar-refractivity contribution is 4.85.